The number of aliphatic hydroxyl groups is 1. The predicted octanol–water partition coefficient (Wildman–Crippen LogP) is 4.15. The largest absolute Gasteiger partial charge is 0.431 e. The van der Waals surface area contributed by atoms with Gasteiger partial charge in [0.2, 0.25) is 16.8 Å². The molecule has 0 unspecified atom stereocenters. The number of carbonyl (C=O) groups is 1. The number of H-pyrrole nitrogens is 1. The number of amides is 1. The number of benzene rings is 2. The van der Waals surface area contributed by atoms with Gasteiger partial charge >= 0.3 is 0 Å². The Bertz CT molecular complexity index is 1360. The van der Waals surface area contributed by atoms with Gasteiger partial charge in [-0.15, -0.1) is 0 Å². The van der Waals surface area contributed by atoms with Gasteiger partial charge in [-0.05, 0) is 49.2 Å². The smallest absolute Gasteiger partial charge is 0.261 e. The van der Waals surface area contributed by atoms with Crippen LogP contribution in [0.5, 0.6) is 0 Å². The third-order valence-corrected chi connectivity index (χ3v) is 5.15. The van der Waals surface area contributed by atoms with E-state index in [4.69, 9.17) is 4.42 Å². The summed E-state index contributed by atoms with van der Waals surface area (Å²) in [6.45, 7) is 5.60. The first-order valence-corrected chi connectivity index (χ1v) is 10.0. The number of hydrogen-bond donors (Lipinski definition) is 2. The quantitative estimate of drug-likeness (QED) is 0.526. The standard InChI is InChI=1S/C25H23N3O3/c1-15-7-6-9-19(11-15)27-25-21(24(30)28-22-10-5-4-8-16(22)2)12-20-18(14-29)13-26-17(3)23(20)31-25/h4-13,29H,14H2,1-3H3,(H,28,30)/p+1. The van der Waals surface area contributed by atoms with Crippen LogP contribution in [0.3, 0.4) is 0 Å². The van der Waals surface area contributed by atoms with Crippen molar-refractivity contribution < 1.29 is 19.3 Å². The van der Waals surface area contributed by atoms with Crippen molar-refractivity contribution in [3.8, 4) is 0 Å². The van der Waals surface area contributed by atoms with Crippen molar-refractivity contribution in [3.63, 3.8) is 0 Å². The zero-order valence-corrected chi connectivity index (χ0v) is 17.7. The number of rotatable bonds is 4. The lowest BCUT2D eigenvalue weighted by molar-refractivity contribution is -0.386. The highest BCUT2D eigenvalue weighted by atomic mass is 16.3. The lowest BCUT2D eigenvalue weighted by atomic mass is 10.1. The van der Waals surface area contributed by atoms with Crippen LogP contribution >= 0.6 is 0 Å². The minimum absolute atomic E-state index is 0.185. The van der Waals surface area contributed by atoms with Gasteiger partial charge in [-0.25, -0.2) is 9.98 Å². The van der Waals surface area contributed by atoms with Crippen LogP contribution in [0.4, 0.5) is 11.4 Å². The number of hydrogen-bond acceptors (Lipinski definition) is 4. The molecular formula is C25H24N3O3+. The molecule has 2 heterocycles. The molecule has 6 heteroatoms. The Labute approximate surface area is 179 Å². The summed E-state index contributed by atoms with van der Waals surface area (Å²) in [4.78, 5) is 21.0. The number of aromatic amines is 1. The van der Waals surface area contributed by atoms with Crippen LogP contribution in [0, 0.1) is 20.8 Å². The third-order valence-electron chi connectivity index (χ3n) is 5.15. The molecule has 3 N–H and O–H groups in total. The molecule has 31 heavy (non-hydrogen) atoms. The second kappa shape index (κ2) is 8.53. The van der Waals surface area contributed by atoms with E-state index in [1.165, 1.54) is 0 Å². The van der Waals surface area contributed by atoms with Crippen molar-refractivity contribution in [2.45, 2.75) is 27.4 Å². The van der Waals surface area contributed by atoms with Gasteiger partial charge in [0.25, 0.3) is 5.91 Å². The average Bonchev–Trinajstić information content (AvgIpc) is 2.75. The van der Waals surface area contributed by atoms with Crippen LogP contribution < -0.4 is 15.9 Å². The number of pyridine rings is 1. The fraction of sp³-hybridized carbons (Fsp3) is 0.160. The zero-order valence-electron chi connectivity index (χ0n) is 17.7. The lowest BCUT2D eigenvalue weighted by Crippen LogP contribution is -2.23. The molecule has 2 aromatic carbocycles. The first-order chi connectivity index (χ1) is 15.0. The molecule has 4 aromatic rings. The number of aliphatic hydroxyl groups excluding tert-OH is 1. The van der Waals surface area contributed by atoms with Gasteiger partial charge in [-0.3, -0.25) is 4.79 Å². The number of para-hydroxylation sites is 1. The summed E-state index contributed by atoms with van der Waals surface area (Å²) < 4.78 is 6.13. The minimum atomic E-state index is -0.333. The number of fused-ring (bicyclic) bond motifs is 1. The normalized spacial score (nSPS) is 11.7. The number of nitrogens with one attached hydrogen (secondary N) is 2. The average molecular weight is 414 g/mol. The molecule has 0 saturated carbocycles. The highest BCUT2D eigenvalue weighted by Crippen LogP contribution is 2.21. The molecule has 1 amide bonds. The number of aromatic nitrogens is 1. The Kier molecular flexibility index (Phi) is 5.64. The summed E-state index contributed by atoms with van der Waals surface area (Å²) in [5.74, 6) is -0.333. The van der Waals surface area contributed by atoms with Gasteiger partial charge in [0, 0.05) is 18.0 Å². The molecule has 0 bridgehead atoms. The van der Waals surface area contributed by atoms with Gasteiger partial charge < -0.3 is 14.8 Å². The van der Waals surface area contributed by atoms with E-state index >= 15 is 0 Å². The van der Waals surface area contributed by atoms with Gasteiger partial charge in [0.1, 0.15) is 5.56 Å². The summed E-state index contributed by atoms with van der Waals surface area (Å²) >= 11 is 0. The Balaban J connectivity index is 1.94. The van der Waals surface area contributed by atoms with Crippen molar-refractivity contribution in [1.29, 1.82) is 0 Å². The fourth-order valence-corrected chi connectivity index (χ4v) is 3.43. The van der Waals surface area contributed by atoms with Crippen LogP contribution in [-0.2, 0) is 6.61 Å². The second-order valence-corrected chi connectivity index (χ2v) is 7.52. The molecule has 4 rings (SSSR count). The molecule has 0 fully saturated rings. The molecule has 0 aliphatic heterocycles. The van der Waals surface area contributed by atoms with Gasteiger partial charge in [-0.2, -0.15) is 0 Å². The van der Waals surface area contributed by atoms with Crippen LogP contribution in [0.1, 0.15) is 32.7 Å². The number of nitrogens with zero attached hydrogens (tertiary/aromatic N) is 1. The number of carbonyl (C=O) groups excluding carboxylic acids is 1. The van der Waals surface area contributed by atoms with E-state index in [0.29, 0.717) is 27.9 Å². The lowest BCUT2D eigenvalue weighted by Gasteiger charge is -2.10. The Hall–Kier alpha value is -3.77. The molecule has 156 valence electrons. The Morgan fingerprint density at radius 2 is 1.90 bits per heavy atom. The first-order valence-electron chi connectivity index (χ1n) is 10.0. The monoisotopic (exact) mass is 414 g/mol. The predicted molar refractivity (Wildman–Crippen MR) is 119 cm³/mol. The van der Waals surface area contributed by atoms with E-state index in [-0.39, 0.29) is 23.6 Å². The number of anilines is 1. The summed E-state index contributed by atoms with van der Waals surface area (Å²) in [5.41, 5.74) is 5.86. The maximum absolute atomic E-state index is 13.3. The topological polar surface area (TPSA) is 89.0 Å². The second-order valence-electron chi connectivity index (χ2n) is 7.52. The summed E-state index contributed by atoms with van der Waals surface area (Å²) in [5, 5.41) is 13.4. The summed E-state index contributed by atoms with van der Waals surface area (Å²) in [6.07, 6.45) is 1.72. The van der Waals surface area contributed by atoms with E-state index in [2.05, 4.69) is 15.3 Å². The maximum Gasteiger partial charge on any atom is 0.261 e. The maximum atomic E-state index is 13.3. The van der Waals surface area contributed by atoms with Gasteiger partial charge in [0.15, 0.2) is 6.20 Å². The highest BCUT2D eigenvalue weighted by Gasteiger charge is 2.19. The van der Waals surface area contributed by atoms with E-state index in [0.717, 1.165) is 16.8 Å². The van der Waals surface area contributed by atoms with Crippen LogP contribution in [0.2, 0.25) is 0 Å². The molecule has 6 nitrogen and oxygen atoms in total. The van der Waals surface area contributed by atoms with Crippen molar-refractivity contribution in [1.82, 2.24) is 0 Å². The molecule has 0 aliphatic carbocycles. The zero-order chi connectivity index (χ0) is 22.0. The van der Waals surface area contributed by atoms with Crippen molar-refractivity contribution in [2.24, 2.45) is 4.99 Å². The van der Waals surface area contributed by atoms with Crippen LogP contribution in [-0.4, -0.2) is 11.0 Å². The van der Waals surface area contributed by atoms with E-state index in [1.807, 2.05) is 69.3 Å². The summed E-state index contributed by atoms with van der Waals surface area (Å²) in [7, 11) is 0. The minimum Gasteiger partial charge on any atom is -0.431 e. The SMILES string of the molecule is Cc1cccc(N=c2oc3c(C)[nH+]cc(CO)c3cc2C(=O)Nc2ccccc2C)c1. The van der Waals surface area contributed by atoms with Gasteiger partial charge in [-0.1, -0.05) is 30.3 Å². The fourth-order valence-electron chi connectivity index (χ4n) is 3.43. The van der Waals surface area contributed by atoms with Gasteiger partial charge in [0.05, 0.1) is 17.9 Å². The van der Waals surface area contributed by atoms with Crippen molar-refractivity contribution >= 4 is 28.3 Å². The molecule has 2 aromatic heterocycles. The third kappa shape index (κ3) is 4.25. The van der Waals surface area contributed by atoms with E-state index in [1.54, 1.807) is 12.3 Å². The first kappa shape index (κ1) is 20.5. The number of aryl methyl sites for hydroxylation is 3. The molecule has 0 saturated heterocycles. The molecule has 0 aliphatic rings. The molecule has 0 atom stereocenters. The highest BCUT2D eigenvalue weighted by molar-refractivity contribution is 6.06. The van der Waals surface area contributed by atoms with Crippen molar-refractivity contribution in [3.05, 3.63) is 94.3 Å². The Morgan fingerprint density at radius 1 is 1.10 bits per heavy atom. The molecule has 0 spiro atoms. The van der Waals surface area contributed by atoms with Crippen molar-refractivity contribution in [2.75, 3.05) is 5.32 Å². The Morgan fingerprint density at radius 3 is 2.65 bits per heavy atom. The van der Waals surface area contributed by atoms with Crippen LogP contribution in [0.15, 0.2) is 70.2 Å². The summed E-state index contributed by atoms with van der Waals surface area (Å²) in [6, 6.07) is 17.0. The molecule has 0 radical (unpaired) electrons. The molecular weight excluding hydrogens is 390 g/mol. The van der Waals surface area contributed by atoms with E-state index in [9.17, 15) is 9.90 Å². The van der Waals surface area contributed by atoms with Crippen LogP contribution in [0.25, 0.3) is 11.0 Å². The van der Waals surface area contributed by atoms with E-state index < -0.39 is 0 Å².